The summed E-state index contributed by atoms with van der Waals surface area (Å²) in [5.41, 5.74) is 3.50. The number of hydrogen-bond donors (Lipinski definition) is 0. The van der Waals surface area contributed by atoms with E-state index in [1.54, 1.807) is 5.01 Å². The molecule has 3 unspecified atom stereocenters. The van der Waals surface area contributed by atoms with E-state index in [1.165, 1.54) is 5.01 Å². The van der Waals surface area contributed by atoms with Crippen molar-refractivity contribution in [2.24, 2.45) is 16.0 Å². The molecule has 2 aliphatic rings. The highest BCUT2D eigenvalue weighted by molar-refractivity contribution is 6.32. The second kappa shape index (κ2) is 9.27. The Balaban J connectivity index is 1.56. The summed E-state index contributed by atoms with van der Waals surface area (Å²) in [6, 6.07) is 27.6. The summed E-state index contributed by atoms with van der Waals surface area (Å²) < 4.78 is 0. The fraction of sp³-hybridized carbons (Fsp3) is 0.214. The van der Waals surface area contributed by atoms with Gasteiger partial charge in [-0.15, -0.1) is 0 Å². The number of likely N-dealkylation sites (N-methyl/N-ethyl adjacent to an activating group) is 1. The van der Waals surface area contributed by atoms with Crippen molar-refractivity contribution in [2.75, 3.05) is 17.1 Å². The molecule has 7 nitrogen and oxygen atoms in total. The zero-order valence-electron chi connectivity index (χ0n) is 19.9. The minimum absolute atomic E-state index is 0.125. The summed E-state index contributed by atoms with van der Waals surface area (Å²) in [4.78, 5) is 32.3. The molecule has 0 radical (unpaired) electrons. The molecule has 2 amide bonds. The number of carbonyl (C=O) groups excluding carboxylic acids is 2. The molecule has 7 heteroatoms. The summed E-state index contributed by atoms with van der Waals surface area (Å²) >= 11 is 0. The maximum absolute atomic E-state index is 13.6. The highest BCUT2D eigenvalue weighted by Gasteiger charge is 2.45. The Kier molecular flexibility index (Phi) is 6.01. The first-order valence-corrected chi connectivity index (χ1v) is 11.7. The number of anilines is 2. The number of amides is 2. The molecular formula is C28H27N5O2. The highest BCUT2D eigenvalue weighted by Crippen LogP contribution is 2.31. The van der Waals surface area contributed by atoms with Crippen LogP contribution in [-0.4, -0.2) is 47.4 Å². The lowest BCUT2D eigenvalue weighted by atomic mass is 9.92. The molecule has 2 heterocycles. The summed E-state index contributed by atoms with van der Waals surface area (Å²) in [7, 11) is 1.89. The van der Waals surface area contributed by atoms with Gasteiger partial charge in [0.25, 0.3) is 11.8 Å². The molecule has 5 rings (SSSR count). The quantitative estimate of drug-likeness (QED) is 0.531. The molecule has 0 spiro atoms. The van der Waals surface area contributed by atoms with Crippen LogP contribution in [0.4, 0.5) is 11.4 Å². The summed E-state index contributed by atoms with van der Waals surface area (Å²) in [5.74, 6) is -0.976. The minimum atomic E-state index is -0.673. The van der Waals surface area contributed by atoms with Crippen molar-refractivity contribution in [2.45, 2.75) is 25.9 Å². The first-order valence-electron chi connectivity index (χ1n) is 11.7. The second-order valence-electron chi connectivity index (χ2n) is 8.79. The van der Waals surface area contributed by atoms with Gasteiger partial charge in [-0.1, -0.05) is 66.7 Å². The average molecular weight is 466 g/mol. The van der Waals surface area contributed by atoms with E-state index in [0.717, 1.165) is 11.3 Å². The molecule has 1 fully saturated rings. The Morgan fingerprint density at radius 2 is 1.34 bits per heavy atom. The molecule has 0 bridgehead atoms. The average Bonchev–Trinajstić information content (AvgIpc) is 3.30. The van der Waals surface area contributed by atoms with Gasteiger partial charge in [0.1, 0.15) is 12.0 Å². The van der Waals surface area contributed by atoms with Crippen LogP contribution in [0.25, 0.3) is 0 Å². The Hall–Kier alpha value is -4.10. The Morgan fingerprint density at radius 1 is 0.800 bits per heavy atom. The Morgan fingerprint density at radius 3 is 1.94 bits per heavy atom. The molecular weight excluding hydrogens is 438 g/mol. The van der Waals surface area contributed by atoms with E-state index < -0.39 is 12.0 Å². The van der Waals surface area contributed by atoms with Gasteiger partial charge in [-0.05, 0) is 43.7 Å². The van der Waals surface area contributed by atoms with E-state index in [1.807, 2.05) is 117 Å². The number of para-hydroxylation sites is 2. The molecule has 3 atom stereocenters. The maximum Gasteiger partial charge on any atom is 0.268 e. The van der Waals surface area contributed by atoms with Gasteiger partial charge in [0.15, 0.2) is 0 Å². The predicted molar refractivity (Wildman–Crippen MR) is 138 cm³/mol. The van der Waals surface area contributed by atoms with E-state index in [4.69, 9.17) is 4.99 Å². The first-order chi connectivity index (χ1) is 17.0. The Labute approximate surface area is 205 Å². The number of carbonyl (C=O) groups is 2. The summed E-state index contributed by atoms with van der Waals surface area (Å²) in [6.07, 6.45) is 0. The lowest BCUT2D eigenvalue weighted by Gasteiger charge is -2.26. The highest BCUT2D eigenvalue weighted by atomic mass is 16.2. The predicted octanol–water partition coefficient (Wildman–Crippen LogP) is 4.17. The van der Waals surface area contributed by atoms with Crippen molar-refractivity contribution in [1.82, 2.24) is 5.01 Å². The molecule has 176 valence electrons. The molecule has 0 saturated carbocycles. The molecule has 2 aliphatic heterocycles. The number of aliphatic imine (C=N–C) groups is 1. The molecule has 3 aromatic rings. The van der Waals surface area contributed by atoms with Gasteiger partial charge in [-0.3, -0.25) is 14.6 Å². The fourth-order valence-corrected chi connectivity index (χ4v) is 4.62. The molecule has 35 heavy (non-hydrogen) atoms. The van der Waals surface area contributed by atoms with Crippen LogP contribution in [0.5, 0.6) is 0 Å². The van der Waals surface area contributed by atoms with E-state index in [9.17, 15) is 9.59 Å². The van der Waals surface area contributed by atoms with Gasteiger partial charge in [0, 0.05) is 7.05 Å². The van der Waals surface area contributed by atoms with Gasteiger partial charge in [-0.25, -0.2) is 10.0 Å². The van der Waals surface area contributed by atoms with Crippen LogP contribution in [0.15, 0.2) is 101 Å². The largest absolute Gasteiger partial charge is 0.273 e. The van der Waals surface area contributed by atoms with Crippen molar-refractivity contribution in [1.29, 1.82) is 0 Å². The van der Waals surface area contributed by atoms with E-state index in [-0.39, 0.29) is 17.9 Å². The van der Waals surface area contributed by atoms with Gasteiger partial charge in [0.2, 0.25) is 0 Å². The van der Waals surface area contributed by atoms with Crippen LogP contribution in [-0.2, 0) is 9.59 Å². The Bertz CT molecular complexity index is 1290. The SMILES string of the molecule is CC1=NN(c2ccccc2)C(=O)C1C(=NC1C(=O)N(c2ccccc2)N(C)C1C)c1ccccc1. The minimum Gasteiger partial charge on any atom is -0.273 e. The number of nitrogens with zero attached hydrogens (tertiary/aromatic N) is 5. The molecule has 0 N–H and O–H groups in total. The molecule has 0 aliphatic carbocycles. The zero-order chi connectivity index (χ0) is 24.5. The fourth-order valence-electron chi connectivity index (χ4n) is 4.62. The standard InChI is InChI=1S/C28H27N5O2/c1-19-24(27(34)32(30-19)22-15-9-5-10-16-22)26(21-13-7-4-8-14-21)29-25-20(2)31(3)33(28(25)35)23-17-11-6-12-18-23/h4-18,20,24-25H,1-3H3. The smallest absolute Gasteiger partial charge is 0.268 e. The summed E-state index contributed by atoms with van der Waals surface area (Å²) in [5, 5.41) is 9.57. The van der Waals surface area contributed by atoms with Crippen molar-refractivity contribution in [3.05, 3.63) is 96.6 Å². The van der Waals surface area contributed by atoms with Gasteiger partial charge < -0.3 is 0 Å². The third-order valence-electron chi connectivity index (χ3n) is 6.58. The van der Waals surface area contributed by atoms with Gasteiger partial charge in [-0.2, -0.15) is 10.1 Å². The van der Waals surface area contributed by atoms with E-state index in [2.05, 4.69) is 5.10 Å². The number of hydrogen-bond acceptors (Lipinski definition) is 5. The number of hydrazine groups is 1. The topological polar surface area (TPSA) is 68.6 Å². The second-order valence-corrected chi connectivity index (χ2v) is 8.79. The number of benzene rings is 3. The van der Waals surface area contributed by atoms with Gasteiger partial charge in [0.05, 0.1) is 28.8 Å². The molecule has 3 aromatic carbocycles. The normalized spacial score (nSPS) is 23.2. The number of rotatable bonds is 5. The van der Waals surface area contributed by atoms with Gasteiger partial charge >= 0.3 is 0 Å². The van der Waals surface area contributed by atoms with Crippen molar-refractivity contribution < 1.29 is 9.59 Å². The third kappa shape index (κ3) is 4.04. The van der Waals surface area contributed by atoms with Crippen LogP contribution in [0.1, 0.15) is 19.4 Å². The maximum atomic E-state index is 13.6. The third-order valence-corrected chi connectivity index (χ3v) is 6.58. The molecule has 1 saturated heterocycles. The van der Waals surface area contributed by atoms with Crippen molar-refractivity contribution in [3.8, 4) is 0 Å². The van der Waals surface area contributed by atoms with Crippen LogP contribution >= 0.6 is 0 Å². The molecule has 0 aromatic heterocycles. The van der Waals surface area contributed by atoms with Crippen LogP contribution in [0.2, 0.25) is 0 Å². The lowest BCUT2D eigenvalue weighted by Crippen LogP contribution is -2.38. The van der Waals surface area contributed by atoms with Crippen LogP contribution < -0.4 is 10.0 Å². The van der Waals surface area contributed by atoms with Crippen LogP contribution in [0.3, 0.4) is 0 Å². The van der Waals surface area contributed by atoms with Crippen molar-refractivity contribution in [3.63, 3.8) is 0 Å². The van der Waals surface area contributed by atoms with Crippen molar-refractivity contribution >= 4 is 34.6 Å². The van der Waals surface area contributed by atoms with Crippen LogP contribution in [0, 0.1) is 5.92 Å². The monoisotopic (exact) mass is 465 g/mol. The van der Waals surface area contributed by atoms with E-state index in [0.29, 0.717) is 17.1 Å². The lowest BCUT2D eigenvalue weighted by molar-refractivity contribution is -0.119. The first kappa shape index (κ1) is 22.7. The summed E-state index contributed by atoms with van der Waals surface area (Å²) in [6.45, 7) is 3.82. The number of hydrazone groups is 1. The van der Waals surface area contributed by atoms with E-state index >= 15 is 0 Å². The zero-order valence-corrected chi connectivity index (χ0v) is 19.9.